The Kier molecular flexibility index (Phi) is 4.76. The van der Waals surface area contributed by atoms with Crippen LogP contribution in [0.25, 0.3) is 11.0 Å². The van der Waals surface area contributed by atoms with E-state index in [0.717, 1.165) is 42.6 Å². The maximum absolute atomic E-state index is 12.6. The summed E-state index contributed by atoms with van der Waals surface area (Å²) in [6, 6.07) is 13.0. The molecular formula is C19H21N3O3S. The molecule has 0 fully saturated rings. The van der Waals surface area contributed by atoms with E-state index in [-0.39, 0.29) is 6.54 Å². The zero-order valence-electron chi connectivity index (χ0n) is 14.4. The van der Waals surface area contributed by atoms with Crippen LogP contribution in [0.5, 0.6) is 0 Å². The number of aryl methyl sites for hydroxylation is 1. The first-order chi connectivity index (χ1) is 12.6. The van der Waals surface area contributed by atoms with Gasteiger partial charge in [-0.1, -0.05) is 23.4 Å². The molecule has 2 heterocycles. The van der Waals surface area contributed by atoms with Gasteiger partial charge in [0.25, 0.3) is 0 Å². The molecule has 1 aliphatic heterocycles. The Hall–Kier alpha value is -2.22. The van der Waals surface area contributed by atoms with Crippen molar-refractivity contribution in [1.29, 1.82) is 0 Å². The summed E-state index contributed by atoms with van der Waals surface area (Å²) >= 11 is 0. The predicted octanol–water partition coefficient (Wildman–Crippen LogP) is 2.38. The summed E-state index contributed by atoms with van der Waals surface area (Å²) in [5, 5.41) is 8.30. The topological polar surface area (TPSA) is 84.2 Å². The standard InChI is InChI=1S/C19H21N3O3S/c23-26(24,16-8-7-15-13-20-10-3-4-14(15)12-16)21-11-9-18-17-5-1-2-6-19(17)25-22-18/h1-2,5-8,12,20-21H,3-4,9-11,13H2. The van der Waals surface area contributed by atoms with Crippen LogP contribution in [0.2, 0.25) is 0 Å². The molecule has 1 aliphatic rings. The van der Waals surface area contributed by atoms with E-state index in [2.05, 4.69) is 15.2 Å². The van der Waals surface area contributed by atoms with Gasteiger partial charge < -0.3 is 9.84 Å². The summed E-state index contributed by atoms with van der Waals surface area (Å²) in [7, 11) is -3.54. The van der Waals surface area contributed by atoms with Crippen molar-refractivity contribution in [3.05, 3.63) is 59.3 Å². The molecule has 4 rings (SSSR count). The molecule has 26 heavy (non-hydrogen) atoms. The predicted molar refractivity (Wildman–Crippen MR) is 99.4 cm³/mol. The van der Waals surface area contributed by atoms with Gasteiger partial charge >= 0.3 is 0 Å². The maximum atomic E-state index is 12.6. The molecule has 0 saturated carbocycles. The second kappa shape index (κ2) is 7.19. The van der Waals surface area contributed by atoms with Crippen LogP contribution in [0.1, 0.15) is 23.2 Å². The van der Waals surface area contributed by atoms with Crippen molar-refractivity contribution in [1.82, 2.24) is 15.2 Å². The fourth-order valence-corrected chi connectivity index (χ4v) is 4.39. The first-order valence-electron chi connectivity index (χ1n) is 8.79. The second-order valence-electron chi connectivity index (χ2n) is 6.48. The van der Waals surface area contributed by atoms with Crippen LogP contribution in [0.4, 0.5) is 0 Å². The monoisotopic (exact) mass is 371 g/mol. The summed E-state index contributed by atoms with van der Waals surface area (Å²) in [5.41, 5.74) is 3.76. The van der Waals surface area contributed by atoms with Gasteiger partial charge in [-0.3, -0.25) is 0 Å². The lowest BCUT2D eigenvalue weighted by atomic mass is 10.0. The Bertz CT molecular complexity index is 1030. The van der Waals surface area contributed by atoms with Crippen molar-refractivity contribution < 1.29 is 12.9 Å². The number of benzene rings is 2. The molecule has 2 aromatic carbocycles. The highest BCUT2D eigenvalue weighted by Gasteiger charge is 2.17. The lowest BCUT2D eigenvalue weighted by molar-refractivity contribution is 0.445. The van der Waals surface area contributed by atoms with Gasteiger partial charge in [0.1, 0.15) is 0 Å². The minimum Gasteiger partial charge on any atom is -0.356 e. The van der Waals surface area contributed by atoms with E-state index in [0.29, 0.717) is 16.9 Å². The van der Waals surface area contributed by atoms with Crippen LogP contribution in [0, 0.1) is 0 Å². The van der Waals surface area contributed by atoms with Gasteiger partial charge in [0.2, 0.25) is 10.0 Å². The van der Waals surface area contributed by atoms with E-state index in [1.807, 2.05) is 30.3 Å². The van der Waals surface area contributed by atoms with E-state index < -0.39 is 10.0 Å². The smallest absolute Gasteiger partial charge is 0.240 e. The van der Waals surface area contributed by atoms with Gasteiger partial charge in [-0.15, -0.1) is 0 Å². The van der Waals surface area contributed by atoms with Crippen LogP contribution in [-0.4, -0.2) is 26.7 Å². The number of aromatic nitrogens is 1. The number of fused-ring (bicyclic) bond motifs is 2. The number of nitrogens with zero attached hydrogens (tertiary/aromatic N) is 1. The Morgan fingerprint density at radius 3 is 2.96 bits per heavy atom. The van der Waals surface area contributed by atoms with Gasteiger partial charge in [-0.2, -0.15) is 0 Å². The van der Waals surface area contributed by atoms with Crippen molar-refractivity contribution >= 4 is 21.0 Å². The molecule has 1 aromatic heterocycles. The van der Waals surface area contributed by atoms with Crippen LogP contribution in [-0.2, 0) is 29.4 Å². The van der Waals surface area contributed by atoms with Crippen LogP contribution in [0.3, 0.4) is 0 Å². The summed E-state index contributed by atoms with van der Waals surface area (Å²) in [6.45, 7) is 2.03. The minimum absolute atomic E-state index is 0.275. The molecule has 0 atom stereocenters. The third-order valence-corrected chi connectivity index (χ3v) is 6.17. The Morgan fingerprint density at radius 2 is 2.04 bits per heavy atom. The lowest BCUT2D eigenvalue weighted by Gasteiger charge is -2.10. The average Bonchev–Trinajstić information content (AvgIpc) is 2.90. The maximum Gasteiger partial charge on any atom is 0.240 e. The highest BCUT2D eigenvalue weighted by Crippen LogP contribution is 2.20. The zero-order chi connectivity index (χ0) is 18.0. The largest absolute Gasteiger partial charge is 0.356 e. The molecule has 0 bridgehead atoms. The molecule has 136 valence electrons. The summed E-state index contributed by atoms with van der Waals surface area (Å²) in [4.78, 5) is 0.322. The van der Waals surface area contributed by atoms with E-state index >= 15 is 0 Å². The summed E-state index contributed by atoms with van der Waals surface area (Å²) < 4.78 is 33.2. The lowest BCUT2D eigenvalue weighted by Crippen LogP contribution is -2.26. The molecule has 6 nitrogen and oxygen atoms in total. The number of rotatable bonds is 5. The zero-order valence-corrected chi connectivity index (χ0v) is 15.2. The molecule has 0 aliphatic carbocycles. The Morgan fingerprint density at radius 1 is 1.15 bits per heavy atom. The second-order valence-corrected chi connectivity index (χ2v) is 8.25. The number of para-hydroxylation sites is 1. The molecule has 7 heteroatoms. The molecule has 2 N–H and O–H groups in total. The fourth-order valence-electron chi connectivity index (χ4n) is 3.31. The molecule has 0 spiro atoms. The molecule has 0 saturated heterocycles. The molecular weight excluding hydrogens is 350 g/mol. The van der Waals surface area contributed by atoms with Crippen molar-refractivity contribution in [2.45, 2.75) is 30.7 Å². The van der Waals surface area contributed by atoms with Crippen LogP contribution < -0.4 is 10.0 Å². The summed E-state index contributed by atoms with van der Waals surface area (Å²) in [6.07, 6.45) is 2.39. The quantitative estimate of drug-likeness (QED) is 0.719. The van der Waals surface area contributed by atoms with Gasteiger partial charge in [0.05, 0.1) is 10.6 Å². The van der Waals surface area contributed by atoms with Crippen molar-refractivity contribution in [2.75, 3.05) is 13.1 Å². The highest BCUT2D eigenvalue weighted by molar-refractivity contribution is 7.89. The van der Waals surface area contributed by atoms with E-state index in [1.54, 1.807) is 12.1 Å². The fraction of sp³-hybridized carbons (Fsp3) is 0.316. The SMILES string of the molecule is O=S(=O)(NCCc1noc2ccccc12)c1ccc2c(c1)CCCNC2. The first kappa shape index (κ1) is 17.2. The average molecular weight is 371 g/mol. The van der Waals surface area contributed by atoms with E-state index in [9.17, 15) is 8.42 Å². The normalized spacial score (nSPS) is 14.9. The highest BCUT2D eigenvalue weighted by atomic mass is 32.2. The molecule has 3 aromatic rings. The molecule has 0 amide bonds. The molecule has 0 radical (unpaired) electrons. The Labute approximate surface area is 152 Å². The number of hydrogen-bond acceptors (Lipinski definition) is 5. The van der Waals surface area contributed by atoms with Crippen LogP contribution in [0.15, 0.2) is 51.9 Å². The van der Waals surface area contributed by atoms with E-state index in [1.165, 1.54) is 5.56 Å². The van der Waals surface area contributed by atoms with E-state index in [4.69, 9.17) is 4.52 Å². The number of nitrogens with one attached hydrogen (secondary N) is 2. The Balaban J connectivity index is 1.46. The van der Waals surface area contributed by atoms with Crippen molar-refractivity contribution in [3.63, 3.8) is 0 Å². The number of sulfonamides is 1. The van der Waals surface area contributed by atoms with Gasteiger partial charge in [-0.05, 0) is 54.8 Å². The molecule has 0 unspecified atom stereocenters. The third kappa shape index (κ3) is 3.51. The third-order valence-electron chi connectivity index (χ3n) is 4.71. The minimum atomic E-state index is -3.54. The van der Waals surface area contributed by atoms with Crippen molar-refractivity contribution in [2.24, 2.45) is 0 Å². The number of hydrogen-bond donors (Lipinski definition) is 2. The van der Waals surface area contributed by atoms with Gasteiger partial charge in [0, 0.05) is 24.9 Å². The van der Waals surface area contributed by atoms with Gasteiger partial charge in [-0.25, -0.2) is 13.1 Å². The first-order valence-corrected chi connectivity index (χ1v) is 10.3. The summed E-state index contributed by atoms with van der Waals surface area (Å²) in [5.74, 6) is 0. The van der Waals surface area contributed by atoms with Gasteiger partial charge in [0.15, 0.2) is 5.58 Å². The van der Waals surface area contributed by atoms with Crippen molar-refractivity contribution in [3.8, 4) is 0 Å². The van der Waals surface area contributed by atoms with Crippen LogP contribution >= 0.6 is 0 Å².